The Hall–Kier alpha value is -0.350. The quantitative estimate of drug-likeness (QED) is 0.847. The van der Waals surface area contributed by atoms with Gasteiger partial charge in [-0.25, -0.2) is 0 Å². The highest BCUT2D eigenvalue weighted by molar-refractivity contribution is 9.09. The van der Waals surface area contributed by atoms with Gasteiger partial charge >= 0.3 is 0 Å². The van der Waals surface area contributed by atoms with E-state index in [9.17, 15) is 4.79 Å². The Kier molecular flexibility index (Phi) is 4.56. The van der Waals surface area contributed by atoms with Gasteiger partial charge in [0.25, 0.3) is 5.91 Å². The van der Waals surface area contributed by atoms with Gasteiger partial charge in [0.15, 0.2) is 0 Å². The van der Waals surface area contributed by atoms with Crippen LogP contribution in [-0.4, -0.2) is 17.8 Å². The number of carbonyl (C=O) groups excluding carboxylic acids is 1. The Morgan fingerprint density at radius 2 is 2.12 bits per heavy atom. The van der Waals surface area contributed by atoms with E-state index in [1.807, 2.05) is 19.9 Å². The molecule has 0 saturated carbocycles. The van der Waals surface area contributed by atoms with Gasteiger partial charge in [0.2, 0.25) is 0 Å². The van der Waals surface area contributed by atoms with E-state index in [0.29, 0.717) is 6.54 Å². The predicted molar refractivity (Wildman–Crippen MR) is 73.7 cm³/mol. The molecule has 0 aliphatic rings. The standard InChI is InChI=1S/C12H18BrNOS/c1-8-5-10(16-9(8)2)11(15)14-7-12(3,4)6-13/h5H,6-7H2,1-4H3,(H,14,15). The maximum Gasteiger partial charge on any atom is 0.261 e. The summed E-state index contributed by atoms with van der Waals surface area (Å²) in [4.78, 5) is 13.9. The molecule has 16 heavy (non-hydrogen) atoms. The minimum Gasteiger partial charge on any atom is -0.351 e. The number of halogens is 1. The zero-order valence-corrected chi connectivity index (χ0v) is 12.6. The second-order valence-electron chi connectivity index (χ2n) is 4.83. The Bertz CT molecular complexity index is 365. The van der Waals surface area contributed by atoms with E-state index in [0.717, 1.165) is 10.2 Å². The largest absolute Gasteiger partial charge is 0.351 e. The maximum atomic E-state index is 11.9. The second kappa shape index (κ2) is 5.32. The lowest BCUT2D eigenvalue weighted by molar-refractivity contribution is 0.0944. The monoisotopic (exact) mass is 303 g/mol. The van der Waals surface area contributed by atoms with Crippen molar-refractivity contribution in [2.75, 3.05) is 11.9 Å². The van der Waals surface area contributed by atoms with Crippen molar-refractivity contribution in [1.82, 2.24) is 5.32 Å². The number of aryl methyl sites for hydroxylation is 2. The van der Waals surface area contributed by atoms with E-state index in [-0.39, 0.29) is 11.3 Å². The van der Waals surface area contributed by atoms with Gasteiger partial charge in [-0.1, -0.05) is 29.8 Å². The topological polar surface area (TPSA) is 29.1 Å². The van der Waals surface area contributed by atoms with Crippen molar-refractivity contribution in [2.24, 2.45) is 5.41 Å². The number of rotatable bonds is 4. The molecule has 0 aliphatic heterocycles. The number of carbonyl (C=O) groups is 1. The molecule has 2 nitrogen and oxygen atoms in total. The van der Waals surface area contributed by atoms with Gasteiger partial charge in [-0.2, -0.15) is 0 Å². The van der Waals surface area contributed by atoms with Crippen LogP contribution in [0.4, 0.5) is 0 Å². The molecule has 1 aromatic rings. The third-order valence-electron chi connectivity index (χ3n) is 2.48. The molecule has 1 aromatic heterocycles. The van der Waals surface area contributed by atoms with Crippen molar-refractivity contribution in [1.29, 1.82) is 0 Å². The van der Waals surface area contributed by atoms with E-state index in [4.69, 9.17) is 0 Å². The highest BCUT2D eigenvalue weighted by Gasteiger charge is 2.18. The van der Waals surface area contributed by atoms with E-state index >= 15 is 0 Å². The molecular weight excluding hydrogens is 286 g/mol. The third kappa shape index (κ3) is 3.59. The van der Waals surface area contributed by atoms with Crippen molar-refractivity contribution < 1.29 is 4.79 Å². The average molecular weight is 304 g/mol. The number of alkyl halides is 1. The van der Waals surface area contributed by atoms with Crippen LogP contribution in [0.5, 0.6) is 0 Å². The normalized spacial score (nSPS) is 11.6. The molecule has 0 aromatic carbocycles. The Morgan fingerprint density at radius 1 is 1.50 bits per heavy atom. The summed E-state index contributed by atoms with van der Waals surface area (Å²) in [5.41, 5.74) is 1.28. The summed E-state index contributed by atoms with van der Waals surface area (Å²) in [6, 6.07) is 1.95. The average Bonchev–Trinajstić information content (AvgIpc) is 2.56. The molecular formula is C12H18BrNOS. The smallest absolute Gasteiger partial charge is 0.261 e. The molecule has 0 atom stereocenters. The lowest BCUT2D eigenvalue weighted by Gasteiger charge is -2.21. The second-order valence-corrected chi connectivity index (χ2v) is 6.65. The number of hydrogen-bond acceptors (Lipinski definition) is 2. The fourth-order valence-corrected chi connectivity index (χ4v) is 2.29. The zero-order chi connectivity index (χ0) is 12.3. The first-order valence-electron chi connectivity index (χ1n) is 5.27. The van der Waals surface area contributed by atoms with Gasteiger partial charge in [0.05, 0.1) is 4.88 Å². The summed E-state index contributed by atoms with van der Waals surface area (Å²) < 4.78 is 0. The summed E-state index contributed by atoms with van der Waals surface area (Å²) in [6.45, 7) is 9.00. The molecule has 0 unspecified atom stereocenters. The molecule has 0 bridgehead atoms. The fourth-order valence-electron chi connectivity index (χ4n) is 1.14. The third-order valence-corrected chi connectivity index (χ3v) is 5.15. The summed E-state index contributed by atoms with van der Waals surface area (Å²) in [5, 5.41) is 3.85. The summed E-state index contributed by atoms with van der Waals surface area (Å²) >= 11 is 5.00. The number of nitrogens with one attached hydrogen (secondary N) is 1. The zero-order valence-electron chi connectivity index (χ0n) is 10.2. The van der Waals surface area contributed by atoms with Crippen molar-refractivity contribution in [2.45, 2.75) is 27.7 Å². The van der Waals surface area contributed by atoms with E-state index < -0.39 is 0 Å². The van der Waals surface area contributed by atoms with Gasteiger partial charge in [0.1, 0.15) is 0 Å². The van der Waals surface area contributed by atoms with Gasteiger partial charge in [-0.05, 0) is 30.9 Å². The molecule has 1 heterocycles. The Balaban J connectivity index is 2.60. The summed E-state index contributed by atoms with van der Waals surface area (Å²) in [6.07, 6.45) is 0. The summed E-state index contributed by atoms with van der Waals surface area (Å²) in [7, 11) is 0. The molecule has 0 spiro atoms. The summed E-state index contributed by atoms with van der Waals surface area (Å²) in [5.74, 6) is 0.0372. The molecule has 1 amide bonds. The lowest BCUT2D eigenvalue weighted by atomic mass is 9.97. The first-order valence-corrected chi connectivity index (χ1v) is 7.21. The molecule has 1 N–H and O–H groups in total. The van der Waals surface area contributed by atoms with Crippen LogP contribution in [0.1, 0.15) is 34.0 Å². The van der Waals surface area contributed by atoms with Crippen LogP contribution in [0, 0.1) is 19.3 Å². The van der Waals surface area contributed by atoms with E-state index in [1.54, 1.807) is 11.3 Å². The molecule has 0 saturated heterocycles. The van der Waals surface area contributed by atoms with Crippen LogP contribution in [0.15, 0.2) is 6.07 Å². The number of hydrogen-bond donors (Lipinski definition) is 1. The van der Waals surface area contributed by atoms with Crippen LogP contribution in [-0.2, 0) is 0 Å². The minimum absolute atomic E-state index is 0.0372. The van der Waals surface area contributed by atoms with Crippen molar-refractivity contribution in [3.05, 3.63) is 21.4 Å². The molecule has 4 heteroatoms. The molecule has 0 fully saturated rings. The van der Waals surface area contributed by atoms with Crippen molar-refractivity contribution >= 4 is 33.2 Å². The highest BCUT2D eigenvalue weighted by Crippen LogP contribution is 2.21. The van der Waals surface area contributed by atoms with Crippen LogP contribution < -0.4 is 5.32 Å². The minimum atomic E-state index is 0.0372. The van der Waals surface area contributed by atoms with E-state index in [1.165, 1.54) is 10.4 Å². The first-order chi connectivity index (χ1) is 7.35. The van der Waals surface area contributed by atoms with Gasteiger partial charge in [-0.15, -0.1) is 11.3 Å². The van der Waals surface area contributed by atoms with Crippen molar-refractivity contribution in [3.8, 4) is 0 Å². The van der Waals surface area contributed by atoms with Crippen LogP contribution >= 0.6 is 27.3 Å². The number of amides is 1. The molecule has 90 valence electrons. The Labute approximate surface area is 110 Å². The fraction of sp³-hybridized carbons (Fsp3) is 0.583. The molecule has 0 radical (unpaired) electrons. The van der Waals surface area contributed by atoms with Crippen molar-refractivity contribution in [3.63, 3.8) is 0 Å². The highest BCUT2D eigenvalue weighted by atomic mass is 79.9. The van der Waals surface area contributed by atoms with Crippen LogP contribution in [0.2, 0.25) is 0 Å². The van der Waals surface area contributed by atoms with E-state index in [2.05, 4.69) is 35.1 Å². The van der Waals surface area contributed by atoms with Gasteiger partial charge in [0, 0.05) is 16.8 Å². The van der Waals surface area contributed by atoms with Crippen LogP contribution in [0.25, 0.3) is 0 Å². The van der Waals surface area contributed by atoms with Crippen LogP contribution in [0.3, 0.4) is 0 Å². The molecule has 0 aliphatic carbocycles. The first kappa shape index (κ1) is 13.7. The Morgan fingerprint density at radius 3 is 2.56 bits per heavy atom. The molecule has 1 rings (SSSR count). The SMILES string of the molecule is Cc1cc(C(=O)NCC(C)(C)CBr)sc1C. The number of thiophene rings is 1. The predicted octanol–water partition coefficient (Wildman–Crippen LogP) is 3.52. The maximum absolute atomic E-state index is 11.9. The van der Waals surface area contributed by atoms with Gasteiger partial charge in [-0.3, -0.25) is 4.79 Å². The van der Waals surface area contributed by atoms with Gasteiger partial charge < -0.3 is 5.32 Å². The lowest BCUT2D eigenvalue weighted by Crippen LogP contribution is -2.34.